The van der Waals surface area contributed by atoms with Gasteiger partial charge < -0.3 is 4.74 Å². The van der Waals surface area contributed by atoms with E-state index < -0.39 is 6.10 Å². The van der Waals surface area contributed by atoms with Crippen LogP contribution in [0.1, 0.15) is 35.2 Å². The lowest BCUT2D eigenvalue weighted by atomic mass is 9.87. The second-order valence-corrected chi connectivity index (χ2v) is 6.35. The van der Waals surface area contributed by atoms with Gasteiger partial charge in [0.2, 0.25) is 0 Å². The van der Waals surface area contributed by atoms with Gasteiger partial charge >= 0.3 is 0 Å². The third-order valence-corrected chi connectivity index (χ3v) is 4.39. The highest BCUT2D eigenvalue weighted by Gasteiger charge is 2.38. The molecule has 0 amide bonds. The van der Waals surface area contributed by atoms with Gasteiger partial charge in [-0.1, -0.05) is 46.3 Å². The van der Waals surface area contributed by atoms with Crippen LogP contribution in [0.15, 0.2) is 53.0 Å². The third-order valence-electron chi connectivity index (χ3n) is 3.89. The van der Waals surface area contributed by atoms with Crippen molar-refractivity contribution in [1.82, 2.24) is 0 Å². The monoisotopic (exact) mass is 358 g/mol. The molecule has 0 spiro atoms. The number of halogens is 1. The predicted molar refractivity (Wildman–Crippen MR) is 87.4 cm³/mol. The topological polar surface area (TPSA) is 43.4 Å². The first-order valence-electron chi connectivity index (χ1n) is 7.11. The van der Waals surface area contributed by atoms with Crippen LogP contribution >= 0.6 is 15.9 Å². The van der Waals surface area contributed by atoms with Gasteiger partial charge in [-0.2, -0.15) is 0 Å². The Hall–Kier alpha value is -1.94. The van der Waals surface area contributed by atoms with Crippen molar-refractivity contribution in [2.24, 2.45) is 0 Å². The molecule has 0 saturated carbocycles. The van der Waals surface area contributed by atoms with E-state index in [0.717, 1.165) is 10.0 Å². The van der Waals surface area contributed by atoms with E-state index in [4.69, 9.17) is 4.74 Å². The smallest absolute Gasteiger partial charge is 0.170 e. The molecule has 0 aliphatic carbocycles. The minimum atomic E-state index is -0.586. The van der Waals surface area contributed by atoms with Crippen LogP contribution < -0.4 is 4.74 Å². The van der Waals surface area contributed by atoms with Crippen molar-refractivity contribution >= 4 is 27.5 Å². The number of ether oxygens (including phenoxy) is 1. The number of carbonyl (C=O) groups excluding carboxylic acids is 2. The lowest BCUT2D eigenvalue weighted by Crippen LogP contribution is -2.28. The van der Waals surface area contributed by atoms with Crippen molar-refractivity contribution in [3.8, 4) is 5.75 Å². The zero-order valence-electron chi connectivity index (χ0n) is 12.1. The lowest BCUT2D eigenvalue weighted by molar-refractivity contribution is -0.123. The molecule has 0 saturated heterocycles. The molecule has 0 N–H and O–H groups in total. The number of Topliss-reactive ketones (excluding diaryl/α,β-unsaturated/α-hetero) is 2. The van der Waals surface area contributed by atoms with Crippen LogP contribution in [-0.2, 0) is 4.79 Å². The van der Waals surface area contributed by atoms with E-state index in [-0.39, 0.29) is 23.9 Å². The quantitative estimate of drug-likeness (QED) is 0.770. The summed E-state index contributed by atoms with van der Waals surface area (Å²) in [6.45, 7) is 1.51. The standard InChI is InChI=1S/C18H15BrO3/c1-11(20)18-15(10-16(21)12-5-3-2-4-6-12)14-9-13(19)7-8-17(14)22-18/h2-9,15,18H,10H2,1H3/t15-,18-/m1/s1. The minimum Gasteiger partial charge on any atom is -0.482 e. The Morgan fingerprint density at radius 3 is 2.55 bits per heavy atom. The molecule has 4 heteroatoms. The fourth-order valence-corrected chi connectivity index (χ4v) is 3.20. The van der Waals surface area contributed by atoms with E-state index in [9.17, 15) is 9.59 Å². The Morgan fingerprint density at radius 1 is 1.14 bits per heavy atom. The Kier molecular flexibility index (Phi) is 4.12. The Morgan fingerprint density at radius 2 is 1.86 bits per heavy atom. The van der Waals surface area contributed by atoms with Gasteiger partial charge in [-0.3, -0.25) is 9.59 Å². The molecule has 1 aliphatic rings. The summed E-state index contributed by atoms with van der Waals surface area (Å²) < 4.78 is 6.66. The van der Waals surface area contributed by atoms with Gasteiger partial charge in [0.25, 0.3) is 0 Å². The van der Waals surface area contributed by atoms with E-state index in [1.807, 2.05) is 36.4 Å². The van der Waals surface area contributed by atoms with Crippen molar-refractivity contribution in [2.45, 2.75) is 25.4 Å². The van der Waals surface area contributed by atoms with Gasteiger partial charge in [0.1, 0.15) is 5.75 Å². The number of hydrogen-bond acceptors (Lipinski definition) is 3. The molecule has 1 heterocycles. The average molecular weight is 359 g/mol. The maximum absolute atomic E-state index is 12.5. The maximum Gasteiger partial charge on any atom is 0.170 e. The molecule has 3 nitrogen and oxygen atoms in total. The number of rotatable bonds is 4. The number of benzene rings is 2. The van der Waals surface area contributed by atoms with E-state index in [1.165, 1.54) is 6.92 Å². The molecule has 3 rings (SSSR count). The summed E-state index contributed by atoms with van der Waals surface area (Å²) in [5.74, 6) is 0.415. The Bertz CT molecular complexity index is 724. The molecule has 0 aromatic heterocycles. The van der Waals surface area contributed by atoms with Crippen LogP contribution in [-0.4, -0.2) is 17.7 Å². The van der Waals surface area contributed by atoms with Crippen molar-refractivity contribution in [3.63, 3.8) is 0 Å². The maximum atomic E-state index is 12.5. The normalized spacial score (nSPS) is 19.4. The second-order valence-electron chi connectivity index (χ2n) is 5.43. The summed E-state index contributed by atoms with van der Waals surface area (Å²) in [6, 6.07) is 14.8. The van der Waals surface area contributed by atoms with E-state index in [2.05, 4.69) is 15.9 Å². The van der Waals surface area contributed by atoms with Crippen LogP contribution in [0.2, 0.25) is 0 Å². The van der Waals surface area contributed by atoms with Crippen molar-refractivity contribution in [2.75, 3.05) is 0 Å². The summed E-state index contributed by atoms with van der Waals surface area (Å²) in [7, 11) is 0. The lowest BCUT2D eigenvalue weighted by Gasteiger charge is -2.15. The van der Waals surface area contributed by atoms with Gasteiger partial charge in [-0.15, -0.1) is 0 Å². The first kappa shape index (κ1) is 15.0. The summed E-state index contributed by atoms with van der Waals surface area (Å²) in [6.07, 6.45) is -0.325. The van der Waals surface area contributed by atoms with Crippen LogP contribution in [0.25, 0.3) is 0 Å². The minimum absolute atomic E-state index is 0.0216. The average Bonchev–Trinajstić information content (AvgIpc) is 2.86. The molecule has 0 unspecified atom stereocenters. The number of carbonyl (C=O) groups is 2. The SMILES string of the molecule is CC(=O)[C@H]1Oc2ccc(Br)cc2[C@H]1CC(=O)c1ccccc1. The fourth-order valence-electron chi connectivity index (χ4n) is 2.82. The zero-order chi connectivity index (χ0) is 15.7. The highest BCUT2D eigenvalue weighted by molar-refractivity contribution is 9.10. The summed E-state index contributed by atoms with van der Waals surface area (Å²) in [5, 5.41) is 0. The van der Waals surface area contributed by atoms with Crippen molar-refractivity contribution in [3.05, 3.63) is 64.1 Å². The van der Waals surface area contributed by atoms with Gasteiger partial charge in [0, 0.05) is 27.9 Å². The molecule has 0 fully saturated rings. The first-order chi connectivity index (χ1) is 10.6. The molecular formula is C18H15BrO3. The predicted octanol–water partition coefficient (Wildman–Crippen LogP) is 4.16. The van der Waals surface area contributed by atoms with Crippen LogP contribution in [0, 0.1) is 0 Å². The van der Waals surface area contributed by atoms with Gasteiger partial charge in [-0.05, 0) is 25.1 Å². The zero-order valence-corrected chi connectivity index (χ0v) is 13.7. The highest BCUT2D eigenvalue weighted by Crippen LogP contribution is 2.42. The van der Waals surface area contributed by atoms with Crippen molar-refractivity contribution < 1.29 is 14.3 Å². The summed E-state index contributed by atoms with van der Waals surface area (Å²) >= 11 is 3.44. The molecule has 2 aromatic rings. The molecule has 0 radical (unpaired) electrons. The Balaban J connectivity index is 1.92. The van der Waals surface area contributed by atoms with Crippen LogP contribution in [0.5, 0.6) is 5.75 Å². The van der Waals surface area contributed by atoms with Crippen LogP contribution in [0.4, 0.5) is 0 Å². The van der Waals surface area contributed by atoms with Crippen molar-refractivity contribution in [1.29, 1.82) is 0 Å². The molecule has 112 valence electrons. The Labute approximate surface area is 137 Å². The first-order valence-corrected chi connectivity index (χ1v) is 7.90. The number of ketones is 2. The summed E-state index contributed by atoms with van der Waals surface area (Å²) in [5.41, 5.74) is 1.58. The largest absolute Gasteiger partial charge is 0.482 e. The van der Waals surface area contributed by atoms with E-state index in [1.54, 1.807) is 12.1 Å². The number of fused-ring (bicyclic) bond motifs is 1. The number of hydrogen-bond donors (Lipinski definition) is 0. The molecule has 2 aromatic carbocycles. The van der Waals surface area contributed by atoms with E-state index in [0.29, 0.717) is 11.3 Å². The molecule has 2 atom stereocenters. The van der Waals surface area contributed by atoms with Gasteiger partial charge in [0.15, 0.2) is 17.7 Å². The van der Waals surface area contributed by atoms with Gasteiger partial charge in [0.05, 0.1) is 0 Å². The second kappa shape index (κ2) is 6.05. The third kappa shape index (κ3) is 2.83. The summed E-state index contributed by atoms with van der Waals surface area (Å²) in [4.78, 5) is 24.4. The fraction of sp³-hybridized carbons (Fsp3) is 0.222. The van der Waals surface area contributed by atoms with Crippen LogP contribution in [0.3, 0.4) is 0 Å². The van der Waals surface area contributed by atoms with Gasteiger partial charge in [-0.25, -0.2) is 0 Å². The molecule has 0 bridgehead atoms. The molecule has 1 aliphatic heterocycles. The molecular weight excluding hydrogens is 344 g/mol. The highest BCUT2D eigenvalue weighted by atomic mass is 79.9. The van der Waals surface area contributed by atoms with E-state index >= 15 is 0 Å². The molecule has 22 heavy (non-hydrogen) atoms.